The van der Waals surface area contributed by atoms with E-state index in [4.69, 9.17) is 4.74 Å². The lowest BCUT2D eigenvalue weighted by Crippen LogP contribution is -1.95. The Morgan fingerprint density at radius 2 is 2.08 bits per heavy atom. The molecular weight excluding hydrogens is 168 g/mol. The van der Waals surface area contributed by atoms with Gasteiger partial charge in [0.2, 0.25) is 0 Å². The second-order valence-electron chi connectivity index (χ2n) is 2.90. The Balaban J connectivity index is 3.28. The highest BCUT2D eigenvalue weighted by Crippen LogP contribution is 2.27. The van der Waals surface area contributed by atoms with Crippen molar-refractivity contribution < 1.29 is 14.6 Å². The Bertz CT molecular complexity index is 342. The summed E-state index contributed by atoms with van der Waals surface area (Å²) in [5.74, 6) is 0.403. The number of ketones is 1. The number of rotatable bonds is 2. The number of methoxy groups -OCH3 is 1. The van der Waals surface area contributed by atoms with Crippen LogP contribution >= 0.6 is 0 Å². The molecule has 70 valence electrons. The number of ether oxygens (including phenoxy) is 1. The van der Waals surface area contributed by atoms with Crippen LogP contribution in [0.25, 0.3) is 0 Å². The molecule has 0 heterocycles. The molecule has 0 spiro atoms. The first-order valence-corrected chi connectivity index (χ1v) is 3.94. The standard InChI is InChI=1S/C10H12O3/c1-6-4-8(7(2)11)9(12)5-10(6)13-3/h4-5,12H,1-3H3. The third-order valence-electron chi connectivity index (χ3n) is 1.89. The van der Waals surface area contributed by atoms with Crippen LogP contribution in [0.3, 0.4) is 0 Å². The van der Waals surface area contributed by atoms with Crippen molar-refractivity contribution in [2.45, 2.75) is 13.8 Å². The summed E-state index contributed by atoms with van der Waals surface area (Å²) in [6.07, 6.45) is 0. The largest absolute Gasteiger partial charge is 0.507 e. The van der Waals surface area contributed by atoms with Gasteiger partial charge < -0.3 is 9.84 Å². The van der Waals surface area contributed by atoms with Crippen LogP contribution < -0.4 is 4.74 Å². The highest BCUT2D eigenvalue weighted by molar-refractivity contribution is 5.97. The average molecular weight is 180 g/mol. The number of hydrogen-bond acceptors (Lipinski definition) is 3. The molecule has 0 atom stereocenters. The summed E-state index contributed by atoms with van der Waals surface area (Å²) < 4.78 is 4.99. The predicted molar refractivity (Wildman–Crippen MR) is 49.4 cm³/mol. The average Bonchev–Trinajstić information content (AvgIpc) is 2.07. The van der Waals surface area contributed by atoms with Crippen LogP contribution in [0, 0.1) is 6.92 Å². The molecule has 0 amide bonds. The maximum absolute atomic E-state index is 11.0. The first-order chi connectivity index (χ1) is 6.06. The van der Waals surface area contributed by atoms with Crippen molar-refractivity contribution in [2.75, 3.05) is 7.11 Å². The smallest absolute Gasteiger partial charge is 0.163 e. The maximum atomic E-state index is 11.0. The quantitative estimate of drug-likeness (QED) is 0.707. The number of carbonyl (C=O) groups excluding carboxylic acids is 1. The van der Waals surface area contributed by atoms with E-state index in [1.165, 1.54) is 20.1 Å². The molecule has 0 fully saturated rings. The fraction of sp³-hybridized carbons (Fsp3) is 0.300. The molecule has 3 heteroatoms. The first-order valence-electron chi connectivity index (χ1n) is 3.94. The van der Waals surface area contributed by atoms with Gasteiger partial charge >= 0.3 is 0 Å². The molecule has 1 aromatic carbocycles. The normalized spacial score (nSPS) is 9.77. The lowest BCUT2D eigenvalue weighted by atomic mass is 10.1. The van der Waals surface area contributed by atoms with Gasteiger partial charge in [0.05, 0.1) is 12.7 Å². The van der Waals surface area contributed by atoms with E-state index in [0.29, 0.717) is 11.3 Å². The van der Waals surface area contributed by atoms with Gasteiger partial charge in [0, 0.05) is 6.07 Å². The van der Waals surface area contributed by atoms with Crippen LogP contribution in [0.2, 0.25) is 0 Å². The monoisotopic (exact) mass is 180 g/mol. The van der Waals surface area contributed by atoms with Gasteiger partial charge in [-0.3, -0.25) is 4.79 Å². The lowest BCUT2D eigenvalue weighted by Gasteiger charge is -2.07. The molecule has 0 saturated carbocycles. The van der Waals surface area contributed by atoms with Gasteiger partial charge in [0.1, 0.15) is 11.5 Å². The minimum atomic E-state index is -0.150. The second-order valence-corrected chi connectivity index (χ2v) is 2.90. The molecule has 1 rings (SSSR count). The van der Waals surface area contributed by atoms with Crippen LogP contribution in [0.15, 0.2) is 12.1 Å². The van der Waals surface area contributed by atoms with E-state index < -0.39 is 0 Å². The molecule has 0 unspecified atom stereocenters. The fourth-order valence-electron chi connectivity index (χ4n) is 1.18. The van der Waals surface area contributed by atoms with Gasteiger partial charge in [-0.1, -0.05) is 0 Å². The molecule has 0 bridgehead atoms. The highest BCUT2D eigenvalue weighted by atomic mass is 16.5. The van der Waals surface area contributed by atoms with E-state index in [0.717, 1.165) is 5.56 Å². The van der Waals surface area contributed by atoms with Crippen molar-refractivity contribution in [1.29, 1.82) is 0 Å². The Labute approximate surface area is 77.0 Å². The minimum Gasteiger partial charge on any atom is -0.507 e. The predicted octanol–water partition coefficient (Wildman–Crippen LogP) is 1.91. The van der Waals surface area contributed by atoms with Crippen molar-refractivity contribution in [2.24, 2.45) is 0 Å². The second kappa shape index (κ2) is 3.47. The van der Waals surface area contributed by atoms with Crippen molar-refractivity contribution in [3.05, 3.63) is 23.3 Å². The van der Waals surface area contributed by atoms with Gasteiger partial charge in [0.25, 0.3) is 0 Å². The van der Waals surface area contributed by atoms with E-state index in [9.17, 15) is 9.90 Å². The fourth-order valence-corrected chi connectivity index (χ4v) is 1.18. The number of hydrogen-bond donors (Lipinski definition) is 1. The summed E-state index contributed by atoms with van der Waals surface area (Å²) in [5.41, 5.74) is 1.17. The summed E-state index contributed by atoms with van der Waals surface area (Å²) in [4.78, 5) is 11.0. The van der Waals surface area contributed by atoms with Crippen molar-refractivity contribution in [1.82, 2.24) is 0 Å². The number of Topliss-reactive ketones (excluding diaryl/α,β-unsaturated/α-hetero) is 1. The van der Waals surface area contributed by atoms with Crippen LogP contribution in [-0.4, -0.2) is 18.0 Å². The molecule has 0 aromatic heterocycles. The van der Waals surface area contributed by atoms with E-state index >= 15 is 0 Å². The molecule has 13 heavy (non-hydrogen) atoms. The highest BCUT2D eigenvalue weighted by Gasteiger charge is 2.09. The van der Waals surface area contributed by atoms with Crippen molar-refractivity contribution in [3.8, 4) is 11.5 Å². The van der Waals surface area contributed by atoms with E-state index in [1.807, 2.05) is 6.92 Å². The zero-order valence-corrected chi connectivity index (χ0v) is 7.92. The number of aryl methyl sites for hydroxylation is 1. The lowest BCUT2D eigenvalue weighted by molar-refractivity contribution is 0.101. The number of phenolic OH excluding ortho intramolecular Hbond substituents is 1. The third-order valence-corrected chi connectivity index (χ3v) is 1.89. The van der Waals surface area contributed by atoms with E-state index in [-0.39, 0.29) is 11.5 Å². The maximum Gasteiger partial charge on any atom is 0.163 e. The van der Waals surface area contributed by atoms with Crippen LogP contribution in [0.1, 0.15) is 22.8 Å². The summed E-state index contributed by atoms with van der Waals surface area (Å²) in [6.45, 7) is 3.24. The van der Waals surface area contributed by atoms with E-state index in [2.05, 4.69) is 0 Å². The first kappa shape index (κ1) is 9.58. The zero-order chi connectivity index (χ0) is 10.0. The summed E-state index contributed by atoms with van der Waals surface area (Å²) in [7, 11) is 1.52. The Morgan fingerprint density at radius 1 is 1.46 bits per heavy atom. The number of benzene rings is 1. The van der Waals surface area contributed by atoms with E-state index in [1.54, 1.807) is 6.07 Å². The van der Waals surface area contributed by atoms with Crippen molar-refractivity contribution in [3.63, 3.8) is 0 Å². The topological polar surface area (TPSA) is 46.5 Å². The van der Waals surface area contributed by atoms with Crippen LogP contribution in [0.4, 0.5) is 0 Å². The summed E-state index contributed by atoms with van der Waals surface area (Å²) in [5, 5.41) is 9.42. The summed E-state index contributed by atoms with van der Waals surface area (Å²) >= 11 is 0. The SMILES string of the molecule is COc1cc(O)c(C(C)=O)cc1C. The van der Waals surface area contributed by atoms with Crippen molar-refractivity contribution >= 4 is 5.78 Å². The number of aromatic hydroxyl groups is 1. The minimum absolute atomic E-state index is 0.0325. The van der Waals surface area contributed by atoms with Gasteiger partial charge in [-0.25, -0.2) is 0 Å². The zero-order valence-electron chi connectivity index (χ0n) is 7.92. The molecule has 0 aliphatic rings. The molecule has 1 N–H and O–H groups in total. The van der Waals surface area contributed by atoms with Gasteiger partial charge in [0.15, 0.2) is 5.78 Å². The molecule has 0 aliphatic carbocycles. The Morgan fingerprint density at radius 3 is 2.54 bits per heavy atom. The Hall–Kier alpha value is -1.51. The summed E-state index contributed by atoms with van der Waals surface area (Å²) in [6, 6.07) is 3.07. The molecule has 0 saturated heterocycles. The van der Waals surface area contributed by atoms with Gasteiger partial charge in [-0.15, -0.1) is 0 Å². The molecule has 3 nitrogen and oxygen atoms in total. The third kappa shape index (κ3) is 1.80. The van der Waals surface area contributed by atoms with Crippen LogP contribution in [0.5, 0.6) is 11.5 Å². The molecule has 0 aliphatic heterocycles. The number of carbonyl (C=O) groups is 1. The molecule has 1 aromatic rings. The van der Waals surface area contributed by atoms with Gasteiger partial charge in [-0.05, 0) is 25.5 Å². The number of phenols is 1. The molecular formula is C10H12O3. The van der Waals surface area contributed by atoms with Gasteiger partial charge in [-0.2, -0.15) is 0 Å². The van der Waals surface area contributed by atoms with Crippen LogP contribution in [-0.2, 0) is 0 Å². The molecule has 0 radical (unpaired) electrons. The Kier molecular flexibility index (Phi) is 2.56.